The van der Waals surface area contributed by atoms with Crippen molar-refractivity contribution in [2.45, 2.75) is 36.9 Å². The van der Waals surface area contributed by atoms with Crippen LogP contribution in [-0.4, -0.2) is 77.7 Å². The first-order valence-corrected chi connectivity index (χ1v) is 6.30. The summed E-state index contributed by atoms with van der Waals surface area (Å²) >= 11 is 0. The number of esters is 1. The van der Waals surface area contributed by atoms with Crippen molar-refractivity contribution in [2.24, 2.45) is 0 Å². The minimum Gasteiger partial charge on any atom is -0.481 e. The molecule has 164 valence electrons. The summed E-state index contributed by atoms with van der Waals surface area (Å²) in [5.41, 5.74) is -6.24. The van der Waals surface area contributed by atoms with Crippen molar-refractivity contribution < 1.29 is 64.1 Å². The Labute approximate surface area is 156 Å². The van der Waals surface area contributed by atoms with Crippen molar-refractivity contribution in [1.82, 2.24) is 18.5 Å². The van der Waals surface area contributed by atoms with Gasteiger partial charge < -0.3 is 53.8 Å². The van der Waals surface area contributed by atoms with E-state index in [2.05, 4.69) is 4.74 Å². The van der Waals surface area contributed by atoms with E-state index in [1.54, 1.807) is 0 Å². The van der Waals surface area contributed by atoms with E-state index in [9.17, 15) is 33.9 Å². The number of hydrogen-bond acceptors (Lipinski definition) is 11. The third kappa shape index (κ3) is 9.38. The third-order valence-electron chi connectivity index (χ3n) is 2.85. The second kappa shape index (κ2) is 12.1. The van der Waals surface area contributed by atoms with Crippen molar-refractivity contribution in [3.05, 3.63) is 0 Å². The molecule has 0 saturated carbocycles. The van der Waals surface area contributed by atoms with Crippen LogP contribution >= 0.6 is 0 Å². The minimum atomic E-state index is -3.17. The van der Waals surface area contributed by atoms with Gasteiger partial charge >= 0.3 is 35.8 Å². The molecule has 0 heterocycles. The molecule has 0 radical (unpaired) electrons. The molecule has 0 bridgehead atoms. The van der Waals surface area contributed by atoms with Gasteiger partial charge in [-0.15, -0.1) is 0 Å². The van der Waals surface area contributed by atoms with E-state index in [-0.39, 0.29) is 18.5 Å². The van der Waals surface area contributed by atoms with Crippen molar-refractivity contribution in [1.29, 1.82) is 0 Å². The highest BCUT2D eigenvalue weighted by molar-refractivity contribution is 5.92. The number of hydrogen-bond donors (Lipinski definition) is 9. The molecular weight excluding hydrogens is 394 g/mol. The lowest BCUT2D eigenvalue weighted by Gasteiger charge is -2.28. The fraction of sp³-hybridized carbons (Fsp3) is 0.500. The average molecular weight is 417 g/mol. The van der Waals surface area contributed by atoms with Gasteiger partial charge in [0.15, 0.2) is 5.60 Å². The van der Waals surface area contributed by atoms with Crippen molar-refractivity contribution in [2.75, 3.05) is 0 Å². The maximum Gasteiger partial charge on any atom is 0.349 e. The second-order valence-corrected chi connectivity index (χ2v) is 5.00. The van der Waals surface area contributed by atoms with Gasteiger partial charge in [0.2, 0.25) is 5.60 Å². The Hall–Kier alpha value is -3.34. The van der Waals surface area contributed by atoms with Gasteiger partial charge in [-0.2, -0.15) is 0 Å². The molecule has 0 aromatic heterocycles. The first-order chi connectivity index (χ1) is 11.2. The largest absolute Gasteiger partial charge is 0.481 e. The summed E-state index contributed by atoms with van der Waals surface area (Å²) in [7, 11) is 0. The fourth-order valence-corrected chi connectivity index (χ4v) is 1.77. The lowest BCUT2D eigenvalue weighted by Crippen LogP contribution is -2.49. The summed E-state index contributed by atoms with van der Waals surface area (Å²) in [4.78, 5) is 66.0. The van der Waals surface area contributed by atoms with E-state index in [4.69, 9.17) is 25.5 Å². The van der Waals surface area contributed by atoms with Gasteiger partial charge in [-0.05, 0) is 0 Å². The van der Waals surface area contributed by atoms with Crippen LogP contribution in [0.15, 0.2) is 0 Å². The van der Waals surface area contributed by atoms with Crippen LogP contribution in [0.3, 0.4) is 0 Å². The standard InChI is InChI=1S/C12H14O13.3H3N/c13-5(14)1-11(24,9(20)21)4-8(19)25-12(10(22)23,2-6(15)16)3-7(17)18;;;/h24H,1-4H2,(H,13,14)(H,15,16)(H,17,18)(H,20,21)(H,22,23);3*1H3. The summed E-state index contributed by atoms with van der Waals surface area (Å²) in [6.45, 7) is 0. The van der Waals surface area contributed by atoms with Crippen molar-refractivity contribution in [3.63, 3.8) is 0 Å². The molecule has 0 aliphatic carbocycles. The molecule has 0 saturated heterocycles. The highest BCUT2D eigenvalue weighted by Crippen LogP contribution is 2.25. The van der Waals surface area contributed by atoms with E-state index < -0.39 is 72.7 Å². The molecule has 16 nitrogen and oxygen atoms in total. The highest BCUT2D eigenvalue weighted by atomic mass is 16.6. The van der Waals surface area contributed by atoms with E-state index in [1.807, 2.05) is 0 Å². The molecule has 15 N–H and O–H groups in total. The van der Waals surface area contributed by atoms with Gasteiger partial charge in [-0.25, -0.2) is 9.59 Å². The Kier molecular flexibility index (Phi) is 14.0. The summed E-state index contributed by atoms with van der Waals surface area (Å²) in [6.07, 6.45) is -5.94. The van der Waals surface area contributed by atoms with E-state index in [1.165, 1.54) is 0 Å². The summed E-state index contributed by atoms with van der Waals surface area (Å²) in [6, 6.07) is 0. The van der Waals surface area contributed by atoms with Crippen molar-refractivity contribution >= 4 is 35.8 Å². The van der Waals surface area contributed by atoms with Crippen LogP contribution in [-0.2, 0) is 33.5 Å². The normalized spacial score (nSPS) is 11.9. The number of carbonyl (C=O) groups excluding carboxylic acids is 1. The van der Waals surface area contributed by atoms with Gasteiger partial charge in [0.25, 0.3) is 0 Å². The zero-order chi connectivity index (χ0) is 20.0. The van der Waals surface area contributed by atoms with Gasteiger partial charge in [0, 0.05) is 0 Å². The smallest absolute Gasteiger partial charge is 0.349 e. The number of carboxylic acid groups (broad SMARTS) is 5. The molecule has 0 rings (SSSR count). The SMILES string of the molecule is N.N.N.O=C(O)CC(O)(CC(=O)OC(CC(=O)O)(CC(=O)O)C(=O)O)C(=O)O. The van der Waals surface area contributed by atoms with Crippen LogP contribution in [0.5, 0.6) is 0 Å². The molecule has 1 atom stereocenters. The highest BCUT2D eigenvalue weighted by Gasteiger charge is 2.49. The maximum atomic E-state index is 11.7. The Morgan fingerprint density at radius 2 is 0.964 bits per heavy atom. The quantitative estimate of drug-likeness (QED) is 0.172. The first-order valence-electron chi connectivity index (χ1n) is 6.30. The predicted molar refractivity (Wildman–Crippen MR) is 85.5 cm³/mol. The van der Waals surface area contributed by atoms with Crippen molar-refractivity contribution in [3.8, 4) is 0 Å². The second-order valence-electron chi connectivity index (χ2n) is 5.00. The molecular formula is C12H23N3O13. The topological polar surface area (TPSA) is 338 Å². The molecule has 0 spiro atoms. The zero-order valence-electron chi connectivity index (χ0n) is 14.5. The Morgan fingerprint density at radius 3 is 1.21 bits per heavy atom. The summed E-state index contributed by atoms with van der Waals surface area (Å²) < 4.78 is 4.33. The molecule has 16 heteroatoms. The van der Waals surface area contributed by atoms with Gasteiger partial charge in [0.05, 0.1) is 25.7 Å². The van der Waals surface area contributed by atoms with Gasteiger partial charge in [0.1, 0.15) is 0 Å². The average Bonchev–Trinajstić information content (AvgIpc) is 2.34. The number of ether oxygens (including phenoxy) is 1. The van der Waals surface area contributed by atoms with Gasteiger partial charge in [-0.1, -0.05) is 0 Å². The molecule has 0 fully saturated rings. The van der Waals surface area contributed by atoms with Crippen LogP contribution < -0.4 is 18.5 Å². The van der Waals surface area contributed by atoms with Crippen LogP contribution in [0, 0.1) is 0 Å². The number of aliphatic hydroxyl groups is 1. The van der Waals surface area contributed by atoms with Crippen LogP contribution in [0.2, 0.25) is 0 Å². The van der Waals surface area contributed by atoms with E-state index >= 15 is 0 Å². The van der Waals surface area contributed by atoms with Crippen LogP contribution in [0.1, 0.15) is 25.7 Å². The summed E-state index contributed by atoms with van der Waals surface area (Å²) in [5.74, 6) is -11.6. The van der Waals surface area contributed by atoms with E-state index in [0.717, 1.165) is 0 Å². The number of carboxylic acids is 5. The molecule has 28 heavy (non-hydrogen) atoms. The molecule has 0 amide bonds. The number of aliphatic carboxylic acids is 5. The van der Waals surface area contributed by atoms with Crippen LogP contribution in [0.4, 0.5) is 0 Å². The number of carbonyl (C=O) groups is 6. The molecule has 0 aliphatic heterocycles. The Balaban J connectivity index is -0.000000960. The van der Waals surface area contributed by atoms with Crippen LogP contribution in [0.25, 0.3) is 0 Å². The molecule has 0 aromatic carbocycles. The van der Waals surface area contributed by atoms with E-state index in [0.29, 0.717) is 0 Å². The summed E-state index contributed by atoms with van der Waals surface area (Å²) in [5, 5.41) is 53.5. The lowest BCUT2D eigenvalue weighted by atomic mass is 9.93. The lowest BCUT2D eigenvalue weighted by molar-refractivity contribution is -0.191. The molecule has 0 aromatic rings. The Bertz CT molecular complexity index is 604. The minimum absolute atomic E-state index is 0. The van der Waals surface area contributed by atoms with Gasteiger partial charge in [-0.3, -0.25) is 19.2 Å². The maximum absolute atomic E-state index is 11.7. The Morgan fingerprint density at radius 1 is 0.607 bits per heavy atom. The first kappa shape index (κ1) is 32.3. The molecule has 0 aliphatic rings. The monoisotopic (exact) mass is 417 g/mol. The zero-order valence-corrected chi connectivity index (χ0v) is 14.5. The predicted octanol–water partition coefficient (Wildman–Crippen LogP) is -1.53. The molecule has 1 unspecified atom stereocenters. The number of rotatable bonds is 11. The fourth-order valence-electron chi connectivity index (χ4n) is 1.77. The third-order valence-corrected chi connectivity index (χ3v) is 2.85.